The summed E-state index contributed by atoms with van der Waals surface area (Å²) in [6.07, 6.45) is 2.47. The molecule has 1 atom stereocenters. The van der Waals surface area contributed by atoms with Crippen LogP contribution in [0, 0.1) is 0 Å². The van der Waals surface area contributed by atoms with Gasteiger partial charge in [0.1, 0.15) is 0 Å². The molecule has 2 aliphatic rings. The molecule has 2 aliphatic heterocycles. The second-order valence-electron chi connectivity index (χ2n) is 5.49. The number of rotatable bonds is 2. The molecule has 0 aromatic heterocycles. The molecule has 0 radical (unpaired) electrons. The molecule has 0 saturated carbocycles. The molecule has 2 heterocycles. The Morgan fingerprint density at radius 3 is 2.55 bits per heavy atom. The number of carbonyl (C=O) groups excluding carboxylic acids is 2. The predicted octanol–water partition coefficient (Wildman–Crippen LogP) is 0.987. The van der Waals surface area contributed by atoms with E-state index in [2.05, 4.69) is 0 Å². The normalized spacial score (nSPS) is 22.6. The number of likely N-dealkylation sites (tertiary alicyclic amines) is 1. The minimum Gasteiger partial charge on any atom is -0.339 e. The zero-order valence-electron chi connectivity index (χ0n) is 11.4. The van der Waals surface area contributed by atoms with Gasteiger partial charge in [0.2, 0.25) is 5.91 Å². The largest absolute Gasteiger partial charge is 0.339 e. The van der Waals surface area contributed by atoms with Gasteiger partial charge >= 0.3 is 0 Å². The summed E-state index contributed by atoms with van der Waals surface area (Å²) in [6.45, 7) is 2.10. The molecule has 106 valence electrons. The van der Waals surface area contributed by atoms with E-state index in [1.165, 1.54) is 0 Å². The summed E-state index contributed by atoms with van der Waals surface area (Å²) < 4.78 is 0. The van der Waals surface area contributed by atoms with Crippen molar-refractivity contribution in [2.45, 2.75) is 25.3 Å². The van der Waals surface area contributed by atoms with Crippen LogP contribution < -0.4 is 10.6 Å². The first-order valence-electron chi connectivity index (χ1n) is 7.11. The molecule has 2 fully saturated rings. The van der Waals surface area contributed by atoms with Gasteiger partial charge in [0.15, 0.2) is 0 Å². The van der Waals surface area contributed by atoms with Crippen LogP contribution in [-0.2, 0) is 4.79 Å². The topological polar surface area (TPSA) is 66.6 Å². The Hall–Kier alpha value is -1.88. The highest BCUT2D eigenvalue weighted by Gasteiger charge is 2.31. The summed E-state index contributed by atoms with van der Waals surface area (Å²) in [5.74, 6) is 0.0190. The van der Waals surface area contributed by atoms with Crippen LogP contribution in [0.1, 0.15) is 29.6 Å². The van der Waals surface area contributed by atoms with Gasteiger partial charge in [-0.1, -0.05) is 12.1 Å². The van der Waals surface area contributed by atoms with E-state index >= 15 is 0 Å². The minimum absolute atomic E-state index is 0.000767. The van der Waals surface area contributed by atoms with Crippen molar-refractivity contribution in [3.8, 4) is 0 Å². The minimum atomic E-state index is -0.141. The number of anilines is 1. The number of nitrogens with zero attached hydrogens (tertiary/aromatic N) is 2. The Bertz CT molecular complexity index is 538. The van der Waals surface area contributed by atoms with Crippen LogP contribution in [0.25, 0.3) is 0 Å². The predicted molar refractivity (Wildman–Crippen MR) is 76.5 cm³/mol. The van der Waals surface area contributed by atoms with Gasteiger partial charge in [0.05, 0.1) is 11.3 Å². The lowest BCUT2D eigenvalue weighted by atomic mass is 10.1. The fourth-order valence-electron chi connectivity index (χ4n) is 2.95. The van der Waals surface area contributed by atoms with E-state index in [4.69, 9.17) is 5.73 Å². The zero-order valence-corrected chi connectivity index (χ0v) is 11.4. The van der Waals surface area contributed by atoms with Gasteiger partial charge < -0.3 is 15.5 Å². The van der Waals surface area contributed by atoms with Crippen LogP contribution in [0.4, 0.5) is 5.69 Å². The maximum absolute atomic E-state index is 12.6. The third kappa shape index (κ3) is 2.29. The summed E-state index contributed by atoms with van der Waals surface area (Å²) in [4.78, 5) is 28.1. The molecule has 0 spiro atoms. The standard InChI is InChI=1S/C15H19N3O2/c16-11-9-14(19)18(10-11)13-6-2-1-5-12(13)15(20)17-7-3-4-8-17/h1-2,5-6,11H,3-4,7-10,16H2. The highest BCUT2D eigenvalue weighted by atomic mass is 16.2. The van der Waals surface area contributed by atoms with Crippen LogP contribution in [0.2, 0.25) is 0 Å². The van der Waals surface area contributed by atoms with Crippen molar-refractivity contribution in [1.82, 2.24) is 4.90 Å². The molecule has 5 heteroatoms. The molecule has 2 saturated heterocycles. The van der Waals surface area contributed by atoms with E-state index in [1.54, 1.807) is 11.0 Å². The molecular formula is C15H19N3O2. The van der Waals surface area contributed by atoms with Crippen LogP contribution in [0.5, 0.6) is 0 Å². The van der Waals surface area contributed by atoms with Gasteiger partial charge in [0, 0.05) is 32.1 Å². The number of carbonyl (C=O) groups is 2. The maximum atomic E-state index is 12.6. The summed E-state index contributed by atoms with van der Waals surface area (Å²) in [5.41, 5.74) is 7.15. The number of hydrogen-bond acceptors (Lipinski definition) is 3. The Labute approximate surface area is 118 Å². The van der Waals surface area contributed by atoms with Crippen molar-refractivity contribution in [3.63, 3.8) is 0 Å². The van der Waals surface area contributed by atoms with E-state index in [-0.39, 0.29) is 17.9 Å². The Morgan fingerprint density at radius 1 is 1.20 bits per heavy atom. The van der Waals surface area contributed by atoms with Crippen LogP contribution in [-0.4, -0.2) is 42.4 Å². The second-order valence-corrected chi connectivity index (χ2v) is 5.49. The van der Waals surface area contributed by atoms with Gasteiger partial charge in [-0.2, -0.15) is 0 Å². The molecule has 20 heavy (non-hydrogen) atoms. The molecule has 2 N–H and O–H groups in total. The molecule has 0 bridgehead atoms. The number of amides is 2. The highest BCUT2D eigenvalue weighted by Crippen LogP contribution is 2.27. The number of para-hydroxylation sites is 1. The first kappa shape index (κ1) is 13.1. The summed E-state index contributed by atoms with van der Waals surface area (Å²) in [7, 11) is 0. The zero-order chi connectivity index (χ0) is 14.1. The van der Waals surface area contributed by atoms with E-state index in [9.17, 15) is 9.59 Å². The molecule has 3 rings (SSSR count). The molecule has 5 nitrogen and oxygen atoms in total. The van der Waals surface area contributed by atoms with Crippen molar-refractivity contribution in [1.29, 1.82) is 0 Å². The fraction of sp³-hybridized carbons (Fsp3) is 0.467. The maximum Gasteiger partial charge on any atom is 0.255 e. The SMILES string of the molecule is NC1CC(=O)N(c2ccccc2C(=O)N2CCCC2)C1. The molecule has 1 unspecified atom stereocenters. The van der Waals surface area contributed by atoms with Crippen LogP contribution in [0.15, 0.2) is 24.3 Å². The molecule has 1 aromatic rings. The van der Waals surface area contributed by atoms with Crippen molar-refractivity contribution in [2.75, 3.05) is 24.5 Å². The van der Waals surface area contributed by atoms with E-state index < -0.39 is 0 Å². The van der Waals surface area contributed by atoms with Gasteiger partial charge in [-0.05, 0) is 25.0 Å². The summed E-state index contributed by atoms with van der Waals surface area (Å²) in [5, 5.41) is 0. The van der Waals surface area contributed by atoms with Gasteiger partial charge in [-0.25, -0.2) is 0 Å². The van der Waals surface area contributed by atoms with Crippen LogP contribution in [0.3, 0.4) is 0 Å². The number of benzene rings is 1. The lowest BCUT2D eigenvalue weighted by molar-refractivity contribution is -0.117. The van der Waals surface area contributed by atoms with Gasteiger partial charge in [0.25, 0.3) is 5.91 Å². The smallest absolute Gasteiger partial charge is 0.255 e. The van der Waals surface area contributed by atoms with E-state index in [1.807, 2.05) is 23.1 Å². The van der Waals surface area contributed by atoms with Crippen molar-refractivity contribution >= 4 is 17.5 Å². The number of hydrogen-bond donors (Lipinski definition) is 1. The average Bonchev–Trinajstić information content (AvgIpc) is 3.08. The third-order valence-electron chi connectivity index (χ3n) is 3.97. The number of nitrogens with two attached hydrogens (primary N) is 1. The lowest BCUT2D eigenvalue weighted by Gasteiger charge is -2.22. The van der Waals surface area contributed by atoms with E-state index in [0.29, 0.717) is 24.2 Å². The summed E-state index contributed by atoms with van der Waals surface area (Å²) in [6, 6.07) is 7.18. The van der Waals surface area contributed by atoms with E-state index in [0.717, 1.165) is 25.9 Å². The molecule has 0 aliphatic carbocycles. The Kier molecular flexibility index (Phi) is 3.44. The van der Waals surface area contributed by atoms with Crippen molar-refractivity contribution < 1.29 is 9.59 Å². The summed E-state index contributed by atoms with van der Waals surface area (Å²) >= 11 is 0. The second kappa shape index (κ2) is 5.25. The Balaban J connectivity index is 1.92. The van der Waals surface area contributed by atoms with Gasteiger partial charge in [-0.15, -0.1) is 0 Å². The lowest BCUT2D eigenvalue weighted by Crippen LogP contribution is -2.32. The van der Waals surface area contributed by atoms with Crippen LogP contribution >= 0.6 is 0 Å². The fourth-order valence-corrected chi connectivity index (χ4v) is 2.95. The first-order chi connectivity index (χ1) is 9.66. The first-order valence-corrected chi connectivity index (χ1v) is 7.11. The third-order valence-corrected chi connectivity index (χ3v) is 3.97. The van der Waals surface area contributed by atoms with Crippen molar-refractivity contribution in [3.05, 3.63) is 29.8 Å². The van der Waals surface area contributed by atoms with Gasteiger partial charge in [-0.3, -0.25) is 9.59 Å². The van der Waals surface area contributed by atoms with Crippen molar-refractivity contribution in [2.24, 2.45) is 5.73 Å². The Morgan fingerprint density at radius 2 is 1.90 bits per heavy atom. The average molecular weight is 273 g/mol. The quantitative estimate of drug-likeness (QED) is 0.873. The highest BCUT2D eigenvalue weighted by molar-refractivity contribution is 6.05. The molecular weight excluding hydrogens is 254 g/mol. The monoisotopic (exact) mass is 273 g/mol. The molecule has 1 aromatic carbocycles. The molecule has 2 amide bonds.